The Bertz CT molecular complexity index is 510. The second kappa shape index (κ2) is 2.72. The molecule has 2 aromatic rings. The molecule has 2 nitrogen and oxygen atoms in total. The average Bonchev–Trinajstić information content (AvgIpc) is 2.54. The minimum absolute atomic E-state index is 0.337. The highest BCUT2D eigenvalue weighted by Gasteiger charge is 2.15. The van der Waals surface area contributed by atoms with Gasteiger partial charge in [-0.25, -0.2) is 0 Å². The number of benzene rings is 1. The van der Waals surface area contributed by atoms with E-state index in [1.54, 1.807) is 0 Å². The standard InChI is InChI=1S/C12H11NO/c14-8-5-6-10-9-3-1-2-4-11(9)13-12(10)7-8/h1-6,8,13-14H,7H2. The van der Waals surface area contributed by atoms with Gasteiger partial charge >= 0.3 is 0 Å². The van der Waals surface area contributed by atoms with Crippen molar-refractivity contribution in [3.8, 4) is 0 Å². The zero-order valence-corrected chi connectivity index (χ0v) is 7.70. The number of aliphatic hydroxyl groups excluding tert-OH is 1. The van der Waals surface area contributed by atoms with Crippen LogP contribution >= 0.6 is 0 Å². The quantitative estimate of drug-likeness (QED) is 0.647. The molecular formula is C12H11NO. The summed E-state index contributed by atoms with van der Waals surface area (Å²) in [6.07, 6.45) is 4.21. The largest absolute Gasteiger partial charge is 0.389 e. The third-order valence-electron chi connectivity index (χ3n) is 2.73. The summed E-state index contributed by atoms with van der Waals surface area (Å²) in [6, 6.07) is 8.22. The molecule has 14 heavy (non-hydrogen) atoms. The van der Waals surface area contributed by atoms with Crippen molar-refractivity contribution >= 4 is 17.0 Å². The molecule has 2 N–H and O–H groups in total. The van der Waals surface area contributed by atoms with Crippen LogP contribution in [-0.4, -0.2) is 16.2 Å². The Balaban J connectivity index is 2.32. The van der Waals surface area contributed by atoms with E-state index in [0.29, 0.717) is 6.42 Å². The Morgan fingerprint density at radius 1 is 1.29 bits per heavy atom. The monoisotopic (exact) mass is 185 g/mol. The van der Waals surface area contributed by atoms with E-state index >= 15 is 0 Å². The maximum absolute atomic E-state index is 9.47. The minimum Gasteiger partial charge on any atom is -0.389 e. The van der Waals surface area contributed by atoms with Crippen molar-refractivity contribution in [2.45, 2.75) is 12.5 Å². The predicted octanol–water partition coefficient (Wildman–Crippen LogP) is 2.10. The van der Waals surface area contributed by atoms with Gasteiger partial charge in [0.1, 0.15) is 0 Å². The molecule has 0 fully saturated rings. The van der Waals surface area contributed by atoms with Crippen molar-refractivity contribution in [2.24, 2.45) is 0 Å². The van der Waals surface area contributed by atoms with Gasteiger partial charge in [0.15, 0.2) is 0 Å². The third-order valence-corrected chi connectivity index (χ3v) is 2.73. The van der Waals surface area contributed by atoms with E-state index in [0.717, 1.165) is 11.2 Å². The molecule has 0 spiro atoms. The van der Waals surface area contributed by atoms with Gasteiger partial charge in [-0.05, 0) is 6.07 Å². The van der Waals surface area contributed by atoms with E-state index in [1.165, 1.54) is 10.9 Å². The van der Waals surface area contributed by atoms with Crippen molar-refractivity contribution in [3.63, 3.8) is 0 Å². The Kier molecular flexibility index (Phi) is 1.52. The molecule has 2 heteroatoms. The van der Waals surface area contributed by atoms with E-state index in [-0.39, 0.29) is 6.10 Å². The molecule has 0 aliphatic heterocycles. The number of aromatic nitrogens is 1. The van der Waals surface area contributed by atoms with Crippen LogP contribution < -0.4 is 0 Å². The molecule has 0 radical (unpaired) electrons. The Labute approximate surface area is 81.9 Å². The van der Waals surface area contributed by atoms with Crippen LogP contribution in [0.4, 0.5) is 0 Å². The lowest BCUT2D eigenvalue weighted by Crippen LogP contribution is -2.10. The molecule has 1 aliphatic rings. The molecule has 1 atom stereocenters. The van der Waals surface area contributed by atoms with Crippen LogP contribution in [-0.2, 0) is 6.42 Å². The van der Waals surface area contributed by atoms with E-state index in [2.05, 4.69) is 17.1 Å². The van der Waals surface area contributed by atoms with Gasteiger partial charge in [0.2, 0.25) is 0 Å². The van der Waals surface area contributed by atoms with Crippen LogP contribution in [0.5, 0.6) is 0 Å². The number of H-pyrrole nitrogens is 1. The Hall–Kier alpha value is -1.54. The molecule has 0 saturated carbocycles. The molecule has 0 bridgehead atoms. The highest BCUT2D eigenvalue weighted by atomic mass is 16.3. The van der Waals surface area contributed by atoms with Crippen LogP contribution in [0.25, 0.3) is 17.0 Å². The van der Waals surface area contributed by atoms with Crippen LogP contribution in [0, 0.1) is 0 Å². The summed E-state index contributed by atoms with van der Waals surface area (Å²) >= 11 is 0. The number of aromatic amines is 1. The van der Waals surface area contributed by atoms with Crippen molar-refractivity contribution in [1.29, 1.82) is 0 Å². The SMILES string of the molecule is OC1C=Cc2c([nH]c3ccccc23)C1. The third kappa shape index (κ3) is 1.01. The molecule has 1 aromatic carbocycles. The lowest BCUT2D eigenvalue weighted by atomic mass is 10.0. The Morgan fingerprint density at radius 2 is 2.14 bits per heavy atom. The van der Waals surface area contributed by atoms with Gasteiger partial charge in [0, 0.05) is 28.6 Å². The molecule has 1 unspecified atom stereocenters. The fraction of sp³-hybridized carbons (Fsp3) is 0.167. The van der Waals surface area contributed by atoms with Crippen molar-refractivity contribution in [1.82, 2.24) is 4.98 Å². The van der Waals surface area contributed by atoms with E-state index in [1.807, 2.05) is 24.3 Å². The highest BCUT2D eigenvalue weighted by molar-refractivity contribution is 5.91. The van der Waals surface area contributed by atoms with E-state index in [9.17, 15) is 5.11 Å². The number of rotatable bonds is 0. The van der Waals surface area contributed by atoms with Crippen LogP contribution in [0.2, 0.25) is 0 Å². The number of hydrogen-bond donors (Lipinski definition) is 2. The summed E-state index contributed by atoms with van der Waals surface area (Å²) in [5.41, 5.74) is 3.52. The first-order valence-electron chi connectivity index (χ1n) is 4.80. The van der Waals surface area contributed by atoms with Gasteiger partial charge in [0.25, 0.3) is 0 Å². The molecular weight excluding hydrogens is 174 g/mol. The van der Waals surface area contributed by atoms with Gasteiger partial charge in [0.05, 0.1) is 6.10 Å². The average molecular weight is 185 g/mol. The summed E-state index contributed by atoms with van der Waals surface area (Å²) in [4.78, 5) is 3.34. The molecule has 3 rings (SSSR count). The summed E-state index contributed by atoms with van der Waals surface area (Å²) in [7, 11) is 0. The second-order valence-corrected chi connectivity index (χ2v) is 3.69. The maximum Gasteiger partial charge on any atom is 0.0778 e. The second-order valence-electron chi connectivity index (χ2n) is 3.69. The smallest absolute Gasteiger partial charge is 0.0778 e. The van der Waals surface area contributed by atoms with E-state index < -0.39 is 0 Å². The summed E-state index contributed by atoms with van der Waals surface area (Å²) in [5.74, 6) is 0. The number of aliphatic hydroxyl groups is 1. The predicted molar refractivity (Wildman–Crippen MR) is 57.0 cm³/mol. The number of fused-ring (bicyclic) bond motifs is 3. The lowest BCUT2D eigenvalue weighted by Gasteiger charge is -2.10. The normalized spacial score (nSPS) is 19.9. The fourth-order valence-corrected chi connectivity index (χ4v) is 2.06. The molecule has 1 aromatic heterocycles. The summed E-state index contributed by atoms with van der Waals surface area (Å²) in [6.45, 7) is 0. The number of para-hydroxylation sites is 1. The van der Waals surface area contributed by atoms with Crippen molar-refractivity contribution < 1.29 is 5.11 Å². The van der Waals surface area contributed by atoms with Crippen LogP contribution in [0.1, 0.15) is 11.3 Å². The first-order valence-corrected chi connectivity index (χ1v) is 4.80. The molecule has 0 amide bonds. The Morgan fingerprint density at radius 3 is 3.07 bits per heavy atom. The van der Waals surface area contributed by atoms with Gasteiger partial charge in [-0.2, -0.15) is 0 Å². The van der Waals surface area contributed by atoms with Crippen LogP contribution in [0.3, 0.4) is 0 Å². The molecule has 70 valence electrons. The minimum atomic E-state index is -0.337. The zero-order valence-electron chi connectivity index (χ0n) is 7.70. The first-order chi connectivity index (χ1) is 6.84. The fourth-order valence-electron chi connectivity index (χ4n) is 2.06. The zero-order chi connectivity index (χ0) is 9.54. The number of nitrogens with one attached hydrogen (secondary N) is 1. The first kappa shape index (κ1) is 7.83. The van der Waals surface area contributed by atoms with Gasteiger partial charge < -0.3 is 10.1 Å². The van der Waals surface area contributed by atoms with Gasteiger partial charge in [-0.15, -0.1) is 0 Å². The molecule has 1 aliphatic carbocycles. The summed E-state index contributed by atoms with van der Waals surface area (Å²) in [5, 5.41) is 10.7. The van der Waals surface area contributed by atoms with Crippen LogP contribution in [0.15, 0.2) is 30.3 Å². The maximum atomic E-state index is 9.47. The van der Waals surface area contributed by atoms with Gasteiger partial charge in [-0.1, -0.05) is 30.4 Å². The van der Waals surface area contributed by atoms with E-state index in [4.69, 9.17) is 0 Å². The van der Waals surface area contributed by atoms with Crippen molar-refractivity contribution in [3.05, 3.63) is 41.6 Å². The summed E-state index contributed by atoms with van der Waals surface area (Å²) < 4.78 is 0. The van der Waals surface area contributed by atoms with Gasteiger partial charge in [-0.3, -0.25) is 0 Å². The topological polar surface area (TPSA) is 36.0 Å². The van der Waals surface area contributed by atoms with Crippen molar-refractivity contribution in [2.75, 3.05) is 0 Å². The highest BCUT2D eigenvalue weighted by Crippen LogP contribution is 2.27. The number of hydrogen-bond acceptors (Lipinski definition) is 1. The molecule has 0 saturated heterocycles. The lowest BCUT2D eigenvalue weighted by molar-refractivity contribution is 0.222. The molecule has 1 heterocycles.